The molecule has 0 aliphatic carbocycles. The lowest BCUT2D eigenvalue weighted by atomic mass is 10.1. The smallest absolute Gasteiger partial charge is 0.318 e. The van der Waals surface area contributed by atoms with Crippen molar-refractivity contribution < 1.29 is 9.59 Å². The van der Waals surface area contributed by atoms with Crippen molar-refractivity contribution in [3.8, 4) is 0 Å². The van der Waals surface area contributed by atoms with Crippen LogP contribution in [0.5, 0.6) is 0 Å². The number of anilines is 1. The first-order valence-electron chi connectivity index (χ1n) is 5.73. The van der Waals surface area contributed by atoms with E-state index < -0.39 is 0 Å². The van der Waals surface area contributed by atoms with Gasteiger partial charge in [-0.25, -0.2) is 4.79 Å². The lowest BCUT2D eigenvalue weighted by Gasteiger charge is -2.29. The third kappa shape index (κ3) is 1.63. The molecule has 0 unspecified atom stereocenters. The highest BCUT2D eigenvalue weighted by Gasteiger charge is 2.33. The van der Waals surface area contributed by atoms with Crippen LogP contribution in [-0.4, -0.2) is 29.5 Å². The van der Waals surface area contributed by atoms with Crippen LogP contribution in [0.25, 0.3) is 0 Å². The number of rotatable bonds is 0. The summed E-state index contributed by atoms with van der Waals surface area (Å²) < 4.78 is 0. The first-order chi connectivity index (χ1) is 8.25. The summed E-state index contributed by atoms with van der Waals surface area (Å²) in [4.78, 5) is 25.7. The second-order valence-corrected chi connectivity index (χ2v) is 4.30. The lowest BCUT2D eigenvalue weighted by molar-refractivity contribution is 0.0720. The van der Waals surface area contributed by atoms with E-state index in [9.17, 15) is 9.59 Å². The Morgan fingerprint density at radius 3 is 2.94 bits per heavy atom. The summed E-state index contributed by atoms with van der Waals surface area (Å²) in [5, 5.41) is 5.52. The van der Waals surface area contributed by atoms with E-state index in [1.165, 1.54) is 0 Å². The van der Waals surface area contributed by atoms with Gasteiger partial charge in [0.25, 0.3) is 5.91 Å². The molecule has 1 aromatic carbocycles. The maximum absolute atomic E-state index is 12.3. The number of hydrogen-bond acceptors (Lipinski definition) is 2. The third-order valence-corrected chi connectivity index (χ3v) is 3.22. The summed E-state index contributed by atoms with van der Waals surface area (Å²) in [6.45, 7) is 0.706. The number of para-hydroxylation sites is 1. The van der Waals surface area contributed by atoms with Crippen LogP contribution in [0, 0.1) is 0 Å². The van der Waals surface area contributed by atoms with Crippen LogP contribution >= 0.6 is 0 Å². The monoisotopic (exact) mass is 231 g/mol. The number of urea groups is 1. The molecule has 2 heterocycles. The zero-order valence-corrected chi connectivity index (χ0v) is 9.27. The van der Waals surface area contributed by atoms with Gasteiger partial charge in [0, 0.05) is 6.54 Å². The number of fused-ring (bicyclic) bond motifs is 2. The van der Waals surface area contributed by atoms with Crippen molar-refractivity contribution in [2.45, 2.75) is 19.0 Å². The molecule has 0 spiro atoms. The molecular formula is C12H13N3O2. The van der Waals surface area contributed by atoms with Crippen LogP contribution in [-0.2, 0) is 0 Å². The number of carbonyl (C=O) groups excluding carboxylic acids is 2. The van der Waals surface area contributed by atoms with Crippen molar-refractivity contribution >= 4 is 17.6 Å². The fourth-order valence-electron chi connectivity index (χ4n) is 2.40. The lowest BCUT2D eigenvalue weighted by Crippen LogP contribution is -2.50. The molecule has 88 valence electrons. The highest BCUT2D eigenvalue weighted by molar-refractivity contribution is 6.05. The minimum atomic E-state index is -0.248. The van der Waals surface area contributed by atoms with Gasteiger partial charge in [-0.1, -0.05) is 12.1 Å². The summed E-state index contributed by atoms with van der Waals surface area (Å²) in [5.41, 5.74) is 1.13. The van der Waals surface area contributed by atoms with Crippen LogP contribution in [0.1, 0.15) is 23.2 Å². The Hall–Kier alpha value is -2.04. The van der Waals surface area contributed by atoms with E-state index in [2.05, 4.69) is 10.6 Å². The molecule has 5 nitrogen and oxygen atoms in total. The third-order valence-electron chi connectivity index (χ3n) is 3.22. The standard InChI is InChI=1S/C12H13N3O2/c16-11-8-4-1-2-5-9(8)13-12(17)14-10-6-3-7-15(10)11/h1-2,4-5,10H,3,6-7H2,(H2,13,14,17)/t10-/m1/s1. The Kier molecular flexibility index (Phi) is 2.24. The van der Waals surface area contributed by atoms with Crippen molar-refractivity contribution in [3.63, 3.8) is 0 Å². The zero-order chi connectivity index (χ0) is 11.8. The number of nitrogens with zero attached hydrogens (tertiary/aromatic N) is 1. The van der Waals surface area contributed by atoms with Gasteiger partial charge < -0.3 is 15.5 Å². The highest BCUT2D eigenvalue weighted by atomic mass is 16.2. The van der Waals surface area contributed by atoms with E-state index in [4.69, 9.17) is 0 Å². The van der Waals surface area contributed by atoms with Crippen molar-refractivity contribution in [3.05, 3.63) is 29.8 Å². The molecule has 1 saturated heterocycles. The number of amides is 3. The Bertz CT molecular complexity index is 486. The van der Waals surface area contributed by atoms with Crippen molar-refractivity contribution in [2.75, 3.05) is 11.9 Å². The van der Waals surface area contributed by atoms with Crippen LogP contribution in [0.15, 0.2) is 24.3 Å². The summed E-state index contributed by atoms with van der Waals surface area (Å²) in [6, 6.07) is 6.85. The van der Waals surface area contributed by atoms with E-state index >= 15 is 0 Å². The maximum atomic E-state index is 12.3. The predicted octanol–water partition coefficient (Wildman–Crippen LogP) is 1.38. The molecule has 17 heavy (non-hydrogen) atoms. The molecule has 2 aliphatic heterocycles. The fourth-order valence-corrected chi connectivity index (χ4v) is 2.40. The van der Waals surface area contributed by atoms with E-state index in [-0.39, 0.29) is 18.1 Å². The van der Waals surface area contributed by atoms with Crippen LogP contribution < -0.4 is 10.6 Å². The van der Waals surface area contributed by atoms with Crippen LogP contribution in [0.2, 0.25) is 0 Å². The van der Waals surface area contributed by atoms with Crippen molar-refractivity contribution in [1.29, 1.82) is 0 Å². The second-order valence-electron chi connectivity index (χ2n) is 4.30. The van der Waals surface area contributed by atoms with Gasteiger partial charge in [0.05, 0.1) is 11.3 Å². The Morgan fingerprint density at radius 1 is 1.24 bits per heavy atom. The Morgan fingerprint density at radius 2 is 2.06 bits per heavy atom. The van der Waals surface area contributed by atoms with Gasteiger partial charge in [0.1, 0.15) is 6.17 Å². The SMILES string of the molecule is O=C1Nc2ccccc2C(=O)N2CCC[C@@H]2N1. The molecule has 1 fully saturated rings. The van der Waals surface area contributed by atoms with Crippen LogP contribution in [0.3, 0.4) is 0 Å². The number of hydrogen-bond donors (Lipinski definition) is 2. The first-order valence-corrected chi connectivity index (χ1v) is 5.73. The molecule has 1 atom stereocenters. The minimum Gasteiger partial charge on any atom is -0.318 e. The fraction of sp³-hybridized carbons (Fsp3) is 0.333. The Labute approximate surface area is 98.8 Å². The molecule has 5 heteroatoms. The zero-order valence-electron chi connectivity index (χ0n) is 9.27. The molecule has 3 rings (SSSR count). The molecule has 0 saturated carbocycles. The van der Waals surface area contributed by atoms with Gasteiger partial charge in [-0.2, -0.15) is 0 Å². The highest BCUT2D eigenvalue weighted by Crippen LogP contribution is 2.24. The van der Waals surface area contributed by atoms with Gasteiger partial charge in [0.2, 0.25) is 0 Å². The van der Waals surface area contributed by atoms with Gasteiger partial charge in [-0.15, -0.1) is 0 Å². The Balaban J connectivity index is 2.06. The summed E-state index contributed by atoms with van der Waals surface area (Å²) in [6.07, 6.45) is 1.58. The summed E-state index contributed by atoms with van der Waals surface area (Å²) in [7, 11) is 0. The first kappa shape index (κ1) is 10.1. The topological polar surface area (TPSA) is 61.4 Å². The van der Waals surface area contributed by atoms with E-state index in [0.29, 0.717) is 17.8 Å². The molecule has 1 aromatic rings. The van der Waals surface area contributed by atoms with Crippen molar-refractivity contribution in [2.24, 2.45) is 0 Å². The summed E-state index contributed by atoms with van der Waals surface area (Å²) in [5.74, 6) is -0.0180. The molecule has 0 aromatic heterocycles. The molecule has 2 N–H and O–H groups in total. The van der Waals surface area contributed by atoms with Gasteiger partial charge in [-0.3, -0.25) is 4.79 Å². The van der Waals surface area contributed by atoms with E-state index in [0.717, 1.165) is 12.8 Å². The number of nitrogens with one attached hydrogen (secondary N) is 2. The molecule has 0 radical (unpaired) electrons. The number of benzene rings is 1. The predicted molar refractivity (Wildman–Crippen MR) is 62.7 cm³/mol. The van der Waals surface area contributed by atoms with E-state index in [1.54, 1.807) is 23.1 Å². The largest absolute Gasteiger partial charge is 0.320 e. The second kappa shape index (κ2) is 3.76. The molecular weight excluding hydrogens is 218 g/mol. The van der Waals surface area contributed by atoms with Crippen LogP contribution in [0.4, 0.5) is 10.5 Å². The van der Waals surface area contributed by atoms with Crippen molar-refractivity contribution in [1.82, 2.24) is 10.2 Å². The average Bonchev–Trinajstić information content (AvgIpc) is 2.75. The quantitative estimate of drug-likeness (QED) is 0.708. The summed E-state index contributed by atoms with van der Waals surface area (Å²) >= 11 is 0. The molecule has 3 amide bonds. The number of carbonyl (C=O) groups is 2. The maximum Gasteiger partial charge on any atom is 0.320 e. The average molecular weight is 231 g/mol. The normalized spacial score (nSPS) is 23.1. The van der Waals surface area contributed by atoms with Gasteiger partial charge >= 0.3 is 6.03 Å². The van der Waals surface area contributed by atoms with Gasteiger partial charge in [0.15, 0.2) is 0 Å². The minimum absolute atomic E-state index is 0.0180. The molecule has 0 bridgehead atoms. The molecule has 2 aliphatic rings. The van der Waals surface area contributed by atoms with Gasteiger partial charge in [-0.05, 0) is 25.0 Å². The van der Waals surface area contributed by atoms with E-state index in [1.807, 2.05) is 6.07 Å².